The number of aryl methyl sites for hydroxylation is 1. The molecule has 0 saturated carbocycles. The Labute approximate surface area is 86.0 Å². The Morgan fingerprint density at radius 1 is 1.23 bits per heavy atom. The van der Waals surface area contributed by atoms with Crippen LogP contribution in [0, 0.1) is 0 Å². The Morgan fingerprint density at radius 2 is 1.92 bits per heavy atom. The predicted octanol–water partition coefficient (Wildman–Crippen LogP) is 3.77. The van der Waals surface area contributed by atoms with Crippen LogP contribution in [0.5, 0.6) is 0 Å². The van der Waals surface area contributed by atoms with Gasteiger partial charge in [-0.1, -0.05) is 56.8 Å². The molecule has 0 heterocycles. The predicted molar refractivity (Wildman–Crippen MR) is 62.4 cm³/mol. The molecule has 1 aromatic rings. The van der Waals surface area contributed by atoms with E-state index in [9.17, 15) is 0 Å². The topological polar surface area (TPSA) is 0 Å². The lowest BCUT2D eigenvalue weighted by molar-refractivity contribution is 0.919. The fourth-order valence-electron chi connectivity index (χ4n) is 1.47. The highest BCUT2D eigenvalue weighted by molar-refractivity contribution is 7.80. The first-order valence-corrected chi connectivity index (χ1v) is 5.31. The molecule has 0 saturated heterocycles. The maximum Gasteiger partial charge on any atom is 0.0224 e. The minimum absolute atomic E-state index is 0.968. The van der Waals surface area contributed by atoms with E-state index in [4.69, 9.17) is 12.2 Å². The van der Waals surface area contributed by atoms with Crippen molar-refractivity contribution in [1.29, 1.82) is 0 Å². The minimum atomic E-state index is 0.968. The van der Waals surface area contributed by atoms with Crippen molar-refractivity contribution in [2.75, 3.05) is 0 Å². The van der Waals surface area contributed by atoms with Gasteiger partial charge in [0.05, 0.1) is 0 Å². The maximum absolute atomic E-state index is 5.32. The molecule has 0 atom stereocenters. The van der Waals surface area contributed by atoms with E-state index in [1.165, 1.54) is 17.5 Å². The van der Waals surface area contributed by atoms with Crippen LogP contribution < -0.4 is 0 Å². The summed E-state index contributed by atoms with van der Waals surface area (Å²) in [5, 5.41) is 0. The smallest absolute Gasteiger partial charge is 0.0224 e. The molecule has 1 rings (SSSR count). The van der Waals surface area contributed by atoms with E-state index >= 15 is 0 Å². The fraction of sp³-hybridized carbons (Fsp3) is 0.417. The lowest BCUT2D eigenvalue weighted by Crippen LogP contribution is -2.00. The molecule has 13 heavy (non-hydrogen) atoms. The van der Waals surface area contributed by atoms with E-state index in [0.29, 0.717) is 0 Å². The summed E-state index contributed by atoms with van der Waals surface area (Å²) in [6.07, 6.45) is 3.29. The van der Waals surface area contributed by atoms with Crippen molar-refractivity contribution >= 4 is 17.1 Å². The van der Waals surface area contributed by atoms with Gasteiger partial charge >= 0.3 is 0 Å². The summed E-state index contributed by atoms with van der Waals surface area (Å²) in [5.41, 5.74) is 2.68. The Balaban J connectivity index is 2.97. The molecule has 0 nitrogen and oxygen atoms in total. The molecule has 0 aliphatic rings. The van der Waals surface area contributed by atoms with Gasteiger partial charge in [0.2, 0.25) is 0 Å². The van der Waals surface area contributed by atoms with E-state index in [1.54, 1.807) is 0 Å². The summed E-state index contributed by atoms with van der Waals surface area (Å²) in [4.78, 5) is 1.09. The van der Waals surface area contributed by atoms with Gasteiger partial charge in [0.1, 0.15) is 0 Å². The normalized spacial score (nSPS) is 10.0. The molecule has 0 N–H and O–H groups in total. The highest BCUT2D eigenvalue weighted by Gasteiger charge is 2.03. The van der Waals surface area contributed by atoms with Crippen LogP contribution in [-0.2, 0) is 6.42 Å². The van der Waals surface area contributed by atoms with Gasteiger partial charge in [-0.3, -0.25) is 0 Å². The summed E-state index contributed by atoms with van der Waals surface area (Å²) in [6.45, 7) is 4.32. The molecule has 0 unspecified atom stereocenters. The van der Waals surface area contributed by atoms with Crippen molar-refractivity contribution in [2.24, 2.45) is 0 Å². The van der Waals surface area contributed by atoms with Crippen molar-refractivity contribution < 1.29 is 0 Å². The lowest BCUT2D eigenvalue weighted by Gasteiger charge is -2.07. The average Bonchev–Trinajstić information content (AvgIpc) is 2.18. The Hall–Kier alpha value is -0.690. The second kappa shape index (κ2) is 5.13. The first-order valence-electron chi connectivity index (χ1n) is 4.90. The SMILES string of the molecule is CCCc1ccccc1C(=S)CC. The molecule has 0 aliphatic heterocycles. The lowest BCUT2D eigenvalue weighted by atomic mass is 10.00. The second-order valence-corrected chi connectivity index (χ2v) is 3.68. The summed E-state index contributed by atoms with van der Waals surface area (Å²) in [5.74, 6) is 0. The monoisotopic (exact) mass is 192 g/mol. The number of hydrogen-bond donors (Lipinski definition) is 0. The third kappa shape index (κ3) is 2.63. The summed E-state index contributed by atoms with van der Waals surface area (Å²) in [7, 11) is 0. The van der Waals surface area contributed by atoms with Crippen molar-refractivity contribution in [1.82, 2.24) is 0 Å². The molecular weight excluding hydrogens is 176 g/mol. The summed E-state index contributed by atoms with van der Waals surface area (Å²) >= 11 is 5.32. The first-order chi connectivity index (χ1) is 6.29. The highest BCUT2D eigenvalue weighted by atomic mass is 32.1. The zero-order valence-electron chi connectivity index (χ0n) is 8.34. The standard InChI is InChI=1S/C12H16S/c1-3-7-10-8-5-6-9-11(10)12(13)4-2/h5-6,8-9H,3-4,7H2,1-2H3. The second-order valence-electron chi connectivity index (χ2n) is 3.18. The molecule has 0 aromatic heterocycles. The fourth-order valence-corrected chi connectivity index (χ4v) is 1.67. The van der Waals surface area contributed by atoms with Gasteiger partial charge in [0, 0.05) is 4.86 Å². The molecule has 0 fully saturated rings. The molecule has 0 aliphatic carbocycles. The van der Waals surface area contributed by atoms with E-state index < -0.39 is 0 Å². The Kier molecular flexibility index (Phi) is 4.10. The van der Waals surface area contributed by atoms with Gasteiger partial charge < -0.3 is 0 Å². The van der Waals surface area contributed by atoms with E-state index in [-0.39, 0.29) is 0 Å². The molecular formula is C12H16S. The van der Waals surface area contributed by atoms with Crippen molar-refractivity contribution in [3.05, 3.63) is 35.4 Å². The van der Waals surface area contributed by atoms with Crippen LogP contribution in [0.15, 0.2) is 24.3 Å². The van der Waals surface area contributed by atoms with E-state index in [2.05, 4.69) is 38.1 Å². The molecule has 1 aromatic carbocycles. The molecule has 1 heteroatoms. The van der Waals surface area contributed by atoms with Crippen LogP contribution >= 0.6 is 12.2 Å². The highest BCUT2D eigenvalue weighted by Crippen LogP contribution is 2.13. The van der Waals surface area contributed by atoms with Crippen molar-refractivity contribution in [2.45, 2.75) is 33.1 Å². The number of rotatable bonds is 4. The molecule has 0 bridgehead atoms. The van der Waals surface area contributed by atoms with Gasteiger partial charge in [0.15, 0.2) is 0 Å². The first kappa shape index (κ1) is 10.4. The Morgan fingerprint density at radius 3 is 2.54 bits per heavy atom. The van der Waals surface area contributed by atoms with Gasteiger partial charge in [-0.25, -0.2) is 0 Å². The number of benzene rings is 1. The van der Waals surface area contributed by atoms with Gasteiger partial charge in [0.25, 0.3) is 0 Å². The van der Waals surface area contributed by atoms with Crippen LogP contribution in [0.3, 0.4) is 0 Å². The van der Waals surface area contributed by atoms with Crippen molar-refractivity contribution in [3.63, 3.8) is 0 Å². The number of thiocarbonyl (C=S) groups is 1. The average molecular weight is 192 g/mol. The van der Waals surface area contributed by atoms with E-state index in [1.807, 2.05) is 0 Å². The van der Waals surface area contributed by atoms with Crippen LogP contribution in [0.2, 0.25) is 0 Å². The van der Waals surface area contributed by atoms with Gasteiger partial charge in [-0.05, 0) is 24.0 Å². The molecule has 0 amide bonds. The quantitative estimate of drug-likeness (QED) is 0.517. The van der Waals surface area contributed by atoms with Crippen molar-refractivity contribution in [3.8, 4) is 0 Å². The van der Waals surface area contributed by atoms with Crippen LogP contribution in [0.4, 0.5) is 0 Å². The zero-order chi connectivity index (χ0) is 9.68. The van der Waals surface area contributed by atoms with E-state index in [0.717, 1.165) is 17.7 Å². The maximum atomic E-state index is 5.32. The van der Waals surface area contributed by atoms with Crippen LogP contribution in [-0.4, -0.2) is 4.86 Å². The largest absolute Gasteiger partial charge is 0.0843 e. The minimum Gasteiger partial charge on any atom is -0.0843 e. The Bertz CT molecular complexity index is 289. The third-order valence-electron chi connectivity index (χ3n) is 2.16. The molecule has 70 valence electrons. The number of hydrogen-bond acceptors (Lipinski definition) is 1. The summed E-state index contributed by atoms with van der Waals surface area (Å²) < 4.78 is 0. The van der Waals surface area contributed by atoms with Crippen LogP contribution in [0.25, 0.3) is 0 Å². The van der Waals surface area contributed by atoms with Crippen LogP contribution in [0.1, 0.15) is 37.8 Å². The summed E-state index contributed by atoms with van der Waals surface area (Å²) in [6, 6.07) is 8.47. The third-order valence-corrected chi connectivity index (χ3v) is 2.67. The van der Waals surface area contributed by atoms with Gasteiger partial charge in [-0.2, -0.15) is 0 Å². The zero-order valence-corrected chi connectivity index (χ0v) is 9.16. The molecule has 0 spiro atoms. The van der Waals surface area contributed by atoms with Gasteiger partial charge in [-0.15, -0.1) is 0 Å². The molecule has 0 radical (unpaired) electrons.